The smallest absolute Gasteiger partial charge is 0.191 e. The molecular weight excluding hydrogens is 302 g/mol. The van der Waals surface area contributed by atoms with Crippen LogP contribution in [0.25, 0.3) is 0 Å². The molecule has 0 spiro atoms. The Morgan fingerprint density at radius 2 is 2.10 bits per heavy atom. The largest absolute Gasteiger partial charge is 0.384 e. The Hall–Kier alpha value is -0.720. The average molecular weight is 330 g/mol. The van der Waals surface area contributed by atoms with Crippen molar-refractivity contribution < 1.29 is 5.11 Å². The summed E-state index contributed by atoms with van der Waals surface area (Å²) in [6.07, 6.45) is 2.09. The molecule has 1 aromatic heterocycles. The highest BCUT2D eigenvalue weighted by Crippen LogP contribution is 2.22. The van der Waals surface area contributed by atoms with E-state index in [0.29, 0.717) is 6.54 Å². The van der Waals surface area contributed by atoms with Crippen LogP contribution in [0.1, 0.15) is 33.3 Å². The van der Waals surface area contributed by atoms with Gasteiger partial charge in [0.1, 0.15) is 5.60 Å². The lowest BCUT2D eigenvalue weighted by Gasteiger charge is -2.25. The number of thiophene rings is 1. The standard InChI is InChI=1S/C15H27N3OS2/c1-6-16-13(17-10-14(2,3)20-5)18-11-15(4,19)12-7-8-21-9-12/h7-9,19H,6,10-11H2,1-5H3,(H2,16,17,18). The molecule has 3 N–H and O–H groups in total. The number of guanidine groups is 1. The van der Waals surface area contributed by atoms with E-state index in [1.807, 2.05) is 30.7 Å². The van der Waals surface area contributed by atoms with Gasteiger partial charge in [-0.25, -0.2) is 0 Å². The van der Waals surface area contributed by atoms with Gasteiger partial charge in [0.25, 0.3) is 0 Å². The molecule has 0 saturated carbocycles. The summed E-state index contributed by atoms with van der Waals surface area (Å²) in [4.78, 5) is 4.61. The minimum Gasteiger partial charge on any atom is -0.384 e. The zero-order valence-electron chi connectivity index (χ0n) is 13.6. The van der Waals surface area contributed by atoms with Crippen molar-refractivity contribution in [2.45, 2.75) is 38.0 Å². The van der Waals surface area contributed by atoms with Gasteiger partial charge < -0.3 is 15.7 Å². The first-order valence-electron chi connectivity index (χ1n) is 7.13. The van der Waals surface area contributed by atoms with Crippen LogP contribution < -0.4 is 10.6 Å². The van der Waals surface area contributed by atoms with E-state index in [2.05, 4.69) is 35.7 Å². The van der Waals surface area contributed by atoms with Crippen LogP contribution in [0.2, 0.25) is 0 Å². The molecule has 0 radical (unpaired) electrons. The van der Waals surface area contributed by atoms with E-state index in [0.717, 1.165) is 24.6 Å². The zero-order valence-corrected chi connectivity index (χ0v) is 15.2. The van der Waals surface area contributed by atoms with Crippen molar-refractivity contribution in [3.63, 3.8) is 0 Å². The predicted molar refractivity (Wildman–Crippen MR) is 95.5 cm³/mol. The van der Waals surface area contributed by atoms with Crippen molar-refractivity contribution in [1.82, 2.24) is 10.6 Å². The number of rotatable bonds is 7. The van der Waals surface area contributed by atoms with Gasteiger partial charge in [0.2, 0.25) is 0 Å². The third-order valence-corrected chi connectivity index (χ3v) is 5.18. The third-order valence-electron chi connectivity index (χ3n) is 3.26. The Kier molecular flexibility index (Phi) is 7.03. The fraction of sp³-hybridized carbons (Fsp3) is 0.667. The van der Waals surface area contributed by atoms with Gasteiger partial charge in [0, 0.05) is 11.3 Å². The van der Waals surface area contributed by atoms with Crippen molar-refractivity contribution in [2.75, 3.05) is 25.9 Å². The molecule has 6 heteroatoms. The Morgan fingerprint density at radius 3 is 2.62 bits per heavy atom. The van der Waals surface area contributed by atoms with Gasteiger partial charge in [-0.05, 0) is 56.3 Å². The van der Waals surface area contributed by atoms with E-state index in [-0.39, 0.29) is 4.75 Å². The molecule has 1 rings (SSSR count). The van der Waals surface area contributed by atoms with Crippen molar-refractivity contribution in [3.8, 4) is 0 Å². The van der Waals surface area contributed by atoms with E-state index in [1.54, 1.807) is 23.1 Å². The second kappa shape index (κ2) is 8.06. The molecule has 0 aromatic carbocycles. The quantitative estimate of drug-likeness (QED) is 0.532. The summed E-state index contributed by atoms with van der Waals surface area (Å²) < 4.78 is 0.109. The maximum Gasteiger partial charge on any atom is 0.191 e. The van der Waals surface area contributed by atoms with Crippen molar-refractivity contribution >= 4 is 29.1 Å². The number of hydrogen-bond acceptors (Lipinski definition) is 4. The summed E-state index contributed by atoms with van der Waals surface area (Å²) in [6.45, 7) is 10.1. The highest BCUT2D eigenvalue weighted by Gasteiger charge is 2.24. The molecule has 4 nitrogen and oxygen atoms in total. The molecule has 0 bridgehead atoms. The monoisotopic (exact) mass is 329 g/mol. The number of nitrogens with one attached hydrogen (secondary N) is 2. The molecule has 120 valence electrons. The van der Waals surface area contributed by atoms with Crippen molar-refractivity contribution in [1.29, 1.82) is 0 Å². The van der Waals surface area contributed by atoms with Crippen LogP contribution in [-0.4, -0.2) is 41.7 Å². The molecule has 0 amide bonds. The molecule has 1 aromatic rings. The molecule has 0 saturated heterocycles. The molecular formula is C15H27N3OS2. The Morgan fingerprint density at radius 1 is 1.38 bits per heavy atom. The lowest BCUT2D eigenvalue weighted by molar-refractivity contribution is 0.0621. The van der Waals surface area contributed by atoms with Crippen LogP contribution in [0.4, 0.5) is 0 Å². The lowest BCUT2D eigenvalue weighted by atomic mass is 9.99. The van der Waals surface area contributed by atoms with E-state index in [1.165, 1.54) is 0 Å². The van der Waals surface area contributed by atoms with Crippen LogP contribution in [0, 0.1) is 0 Å². The van der Waals surface area contributed by atoms with Crippen LogP contribution >= 0.6 is 23.1 Å². The average Bonchev–Trinajstić information content (AvgIpc) is 2.97. The minimum atomic E-state index is -0.898. The number of thioether (sulfide) groups is 1. The first-order valence-corrected chi connectivity index (χ1v) is 9.30. The topological polar surface area (TPSA) is 56.7 Å². The Balaban J connectivity index is 2.64. The predicted octanol–water partition coefficient (Wildman–Crippen LogP) is 2.65. The summed E-state index contributed by atoms with van der Waals surface area (Å²) >= 11 is 3.39. The fourth-order valence-electron chi connectivity index (χ4n) is 1.60. The van der Waals surface area contributed by atoms with Gasteiger partial charge >= 0.3 is 0 Å². The van der Waals surface area contributed by atoms with E-state index in [9.17, 15) is 5.11 Å². The number of aliphatic imine (C=N–C) groups is 1. The van der Waals surface area contributed by atoms with Crippen LogP contribution in [-0.2, 0) is 5.60 Å². The summed E-state index contributed by atoms with van der Waals surface area (Å²) in [6, 6.07) is 1.95. The lowest BCUT2D eigenvalue weighted by Crippen LogP contribution is -2.45. The van der Waals surface area contributed by atoms with Crippen molar-refractivity contribution in [2.24, 2.45) is 4.99 Å². The summed E-state index contributed by atoms with van der Waals surface area (Å²) in [7, 11) is 0. The summed E-state index contributed by atoms with van der Waals surface area (Å²) in [5.74, 6) is 0.745. The highest BCUT2D eigenvalue weighted by molar-refractivity contribution is 7.99. The normalized spacial score (nSPS) is 15.6. The minimum absolute atomic E-state index is 0.109. The highest BCUT2D eigenvalue weighted by atomic mass is 32.2. The number of aliphatic hydroxyl groups is 1. The molecule has 0 aliphatic carbocycles. The van der Waals surface area contributed by atoms with E-state index >= 15 is 0 Å². The SMILES string of the molecule is CCNC(=NCC(C)(C)SC)NCC(C)(O)c1ccsc1. The van der Waals surface area contributed by atoms with Crippen LogP contribution in [0.15, 0.2) is 21.8 Å². The van der Waals surface area contributed by atoms with Gasteiger partial charge in [0.15, 0.2) is 5.96 Å². The van der Waals surface area contributed by atoms with Gasteiger partial charge in [-0.15, -0.1) is 0 Å². The Labute approximate surface area is 136 Å². The zero-order chi connectivity index (χ0) is 15.9. The van der Waals surface area contributed by atoms with E-state index < -0.39 is 5.60 Å². The van der Waals surface area contributed by atoms with Gasteiger partial charge in [-0.3, -0.25) is 4.99 Å². The molecule has 1 unspecified atom stereocenters. The Bertz CT molecular complexity index is 442. The fourth-order valence-corrected chi connectivity index (χ4v) is 2.58. The number of nitrogens with zero attached hydrogens (tertiary/aromatic N) is 1. The van der Waals surface area contributed by atoms with Crippen LogP contribution in [0.3, 0.4) is 0 Å². The van der Waals surface area contributed by atoms with Crippen molar-refractivity contribution in [3.05, 3.63) is 22.4 Å². The molecule has 21 heavy (non-hydrogen) atoms. The second-order valence-corrected chi connectivity index (χ2v) is 8.09. The molecule has 1 heterocycles. The molecule has 0 aliphatic rings. The first-order chi connectivity index (χ1) is 9.80. The molecule has 0 fully saturated rings. The summed E-state index contributed by atoms with van der Waals surface area (Å²) in [5.41, 5.74) is 0.0332. The van der Waals surface area contributed by atoms with E-state index in [4.69, 9.17) is 0 Å². The maximum absolute atomic E-state index is 10.5. The molecule has 0 aliphatic heterocycles. The van der Waals surface area contributed by atoms with Gasteiger partial charge in [-0.2, -0.15) is 23.1 Å². The second-order valence-electron chi connectivity index (χ2n) is 5.80. The van der Waals surface area contributed by atoms with Gasteiger partial charge in [0.05, 0.1) is 13.1 Å². The number of hydrogen-bond donors (Lipinski definition) is 3. The van der Waals surface area contributed by atoms with Crippen LogP contribution in [0.5, 0.6) is 0 Å². The van der Waals surface area contributed by atoms with Gasteiger partial charge in [-0.1, -0.05) is 0 Å². The summed E-state index contributed by atoms with van der Waals surface area (Å²) in [5, 5.41) is 20.9. The maximum atomic E-state index is 10.5. The molecule has 1 atom stereocenters. The first kappa shape index (κ1) is 18.3. The third kappa shape index (κ3) is 6.28.